The van der Waals surface area contributed by atoms with Crippen LogP contribution in [-0.4, -0.2) is 51.0 Å². The number of anilines is 5. The van der Waals surface area contributed by atoms with E-state index < -0.39 is 16.6 Å². The zero-order valence-corrected chi connectivity index (χ0v) is 19.7. The van der Waals surface area contributed by atoms with Crippen LogP contribution >= 0.6 is 0 Å². The molecule has 11 nitrogen and oxygen atoms in total. The van der Waals surface area contributed by atoms with Crippen LogP contribution in [0.15, 0.2) is 55.0 Å². The largest absolute Gasteiger partial charge is 0.378 e. The summed E-state index contributed by atoms with van der Waals surface area (Å²) < 4.78 is 36.7. The maximum Gasteiger partial charge on any atom is 0.271 e. The van der Waals surface area contributed by atoms with Crippen molar-refractivity contribution < 1.29 is 18.4 Å². The highest BCUT2D eigenvalue weighted by molar-refractivity contribution is 5.80. The average Bonchev–Trinajstić information content (AvgIpc) is 3.30. The molecule has 0 spiro atoms. The van der Waals surface area contributed by atoms with E-state index in [2.05, 4.69) is 25.7 Å². The lowest BCUT2D eigenvalue weighted by Crippen LogP contribution is -2.36. The second kappa shape index (κ2) is 10.1. The Labute approximate surface area is 209 Å². The van der Waals surface area contributed by atoms with Crippen LogP contribution in [0.25, 0.3) is 11.1 Å². The van der Waals surface area contributed by atoms with Gasteiger partial charge < -0.3 is 20.3 Å². The van der Waals surface area contributed by atoms with Crippen molar-refractivity contribution in [3.05, 3.63) is 76.7 Å². The molecule has 0 atom stereocenters. The summed E-state index contributed by atoms with van der Waals surface area (Å²) in [5, 5.41) is 21.1. The van der Waals surface area contributed by atoms with E-state index in [4.69, 9.17) is 4.74 Å². The molecule has 0 aliphatic carbocycles. The average molecular weight is 508 g/mol. The van der Waals surface area contributed by atoms with Gasteiger partial charge in [-0.15, -0.1) is 0 Å². The predicted molar refractivity (Wildman–Crippen MR) is 133 cm³/mol. The van der Waals surface area contributed by atoms with Crippen LogP contribution in [0.5, 0.6) is 0 Å². The summed E-state index contributed by atoms with van der Waals surface area (Å²) in [6.45, 7) is 2.19. The highest BCUT2D eigenvalue weighted by atomic mass is 19.1. The van der Waals surface area contributed by atoms with E-state index in [0.717, 1.165) is 18.2 Å². The molecular weight excluding hydrogens is 486 g/mol. The lowest BCUT2D eigenvalue weighted by molar-refractivity contribution is -0.384. The number of nitro benzene ring substituents is 1. The zero-order chi connectivity index (χ0) is 25.9. The van der Waals surface area contributed by atoms with Crippen molar-refractivity contribution in [2.45, 2.75) is 0 Å². The van der Waals surface area contributed by atoms with Gasteiger partial charge in [-0.25, -0.2) is 13.8 Å². The number of hydrogen-bond acceptors (Lipinski definition) is 9. The molecule has 0 amide bonds. The van der Waals surface area contributed by atoms with Gasteiger partial charge in [-0.1, -0.05) is 6.07 Å². The Kier molecular flexibility index (Phi) is 6.60. The number of nitrogens with zero attached hydrogens (tertiary/aromatic N) is 6. The molecule has 37 heavy (non-hydrogen) atoms. The first-order chi connectivity index (χ1) is 17.9. The molecular formula is C24H22F2N8O3. The van der Waals surface area contributed by atoms with Crippen molar-refractivity contribution in [2.24, 2.45) is 7.05 Å². The molecule has 1 saturated heterocycles. The van der Waals surface area contributed by atoms with Gasteiger partial charge in [-0.05, 0) is 23.8 Å². The normalized spacial score (nSPS) is 13.4. The lowest BCUT2D eigenvalue weighted by Gasteiger charge is -2.29. The van der Waals surface area contributed by atoms with Gasteiger partial charge in [0.25, 0.3) is 5.69 Å². The van der Waals surface area contributed by atoms with Crippen molar-refractivity contribution in [1.29, 1.82) is 0 Å². The van der Waals surface area contributed by atoms with Gasteiger partial charge in [0, 0.05) is 50.2 Å². The van der Waals surface area contributed by atoms with Crippen LogP contribution < -0.4 is 15.5 Å². The summed E-state index contributed by atoms with van der Waals surface area (Å²) in [4.78, 5) is 21.3. The molecule has 190 valence electrons. The molecule has 0 radical (unpaired) electrons. The van der Waals surface area contributed by atoms with Crippen LogP contribution in [0.3, 0.4) is 0 Å². The molecule has 2 aromatic carbocycles. The summed E-state index contributed by atoms with van der Waals surface area (Å²) in [5.41, 5.74) is 1.41. The van der Waals surface area contributed by atoms with Gasteiger partial charge in [-0.3, -0.25) is 14.8 Å². The van der Waals surface area contributed by atoms with E-state index in [1.165, 1.54) is 12.3 Å². The van der Waals surface area contributed by atoms with E-state index in [9.17, 15) is 14.5 Å². The standard InChI is InChI=1S/C24H22F2N8O3/c1-32-14-16(12-28-32)29-24-27-13-18(15-2-5-22(20(26)10-15)33-6-8-37-9-7-33)23(31-24)30-21-11-17(34(35)36)3-4-19(21)25/h2-5,10-14H,6-9H2,1H3,(H2,27,29,30,31). The lowest BCUT2D eigenvalue weighted by atomic mass is 10.1. The third-order valence-electron chi connectivity index (χ3n) is 5.77. The van der Waals surface area contributed by atoms with E-state index >= 15 is 4.39 Å². The molecule has 3 heterocycles. The van der Waals surface area contributed by atoms with Gasteiger partial charge in [0.15, 0.2) is 0 Å². The van der Waals surface area contributed by atoms with Gasteiger partial charge in [-0.2, -0.15) is 10.1 Å². The molecule has 4 aromatic rings. The maximum atomic E-state index is 15.2. The molecule has 0 saturated carbocycles. The Morgan fingerprint density at radius 1 is 1.05 bits per heavy atom. The molecule has 5 rings (SSSR count). The first-order valence-corrected chi connectivity index (χ1v) is 11.3. The Bertz CT molecular complexity index is 1460. The second-order valence-electron chi connectivity index (χ2n) is 8.30. The number of benzene rings is 2. The van der Waals surface area contributed by atoms with Gasteiger partial charge in [0.1, 0.15) is 17.5 Å². The topological polar surface area (TPSA) is 123 Å². The Morgan fingerprint density at radius 3 is 2.57 bits per heavy atom. The SMILES string of the molecule is Cn1cc(Nc2ncc(-c3ccc(N4CCOCC4)c(F)c3)c(Nc3cc([N+](=O)[O-])ccc3F)n2)cn1. The minimum absolute atomic E-state index is 0.124. The number of morpholine rings is 1. The number of non-ortho nitro benzene ring substituents is 1. The highest BCUT2D eigenvalue weighted by Crippen LogP contribution is 2.34. The number of halogens is 2. The monoisotopic (exact) mass is 508 g/mol. The fourth-order valence-electron chi connectivity index (χ4n) is 3.95. The second-order valence-corrected chi connectivity index (χ2v) is 8.30. The fraction of sp³-hybridized carbons (Fsp3) is 0.208. The first-order valence-electron chi connectivity index (χ1n) is 11.3. The van der Waals surface area contributed by atoms with Crippen molar-refractivity contribution >= 4 is 34.5 Å². The van der Waals surface area contributed by atoms with E-state index in [1.807, 2.05) is 4.90 Å². The van der Waals surface area contributed by atoms with Crippen LogP contribution in [0.1, 0.15) is 0 Å². The maximum absolute atomic E-state index is 15.2. The summed E-state index contributed by atoms with van der Waals surface area (Å²) in [5.74, 6) is -0.870. The molecule has 2 aromatic heterocycles. The van der Waals surface area contributed by atoms with Gasteiger partial charge in [0.2, 0.25) is 5.95 Å². The smallest absolute Gasteiger partial charge is 0.271 e. The molecule has 2 N–H and O–H groups in total. The van der Waals surface area contributed by atoms with Crippen molar-refractivity contribution in [1.82, 2.24) is 19.7 Å². The van der Waals surface area contributed by atoms with Crippen LogP contribution in [0, 0.1) is 21.7 Å². The van der Waals surface area contributed by atoms with E-state index in [1.54, 1.807) is 36.3 Å². The highest BCUT2D eigenvalue weighted by Gasteiger charge is 2.19. The summed E-state index contributed by atoms with van der Waals surface area (Å²) in [7, 11) is 1.75. The van der Waals surface area contributed by atoms with E-state index in [0.29, 0.717) is 48.8 Å². The molecule has 0 unspecified atom stereocenters. The minimum Gasteiger partial charge on any atom is -0.378 e. The zero-order valence-electron chi connectivity index (χ0n) is 19.7. The molecule has 13 heteroatoms. The predicted octanol–water partition coefficient (Wildman–Crippen LogP) is 4.39. The summed E-state index contributed by atoms with van der Waals surface area (Å²) in [6, 6.07) is 7.86. The Hall–Kier alpha value is -4.65. The van der Waals surface area contributed by atoms with Crippen LogP contribution in [0.4, 0.5) is 43.3 Å². The minimum atomic E-state index is -0.717. The number of hydrogen-bond donors (Lipinski definition) is 2. The number of aryl methyl sites for hydroxylation is 1. The van der Waals surface area contributed by atoms with E-state index in [-0.39, 0.29) is 23.1 Å². The third kappa shape index (κ3) is 5.30. The molecule has 1 aliphatic heterocycles. The van der Waals surface area contributed by atoms with Gasteiger partial charge in [0.05, 0.1) is 41.4 Å². The Balaban J connectivity index is 1.53. The van der Waals surface area contributed by atoms with Gasteiger partial charge >= 0.3 is 0 Å². The molecule has 1 fully saturated rings. The van der Waals surface area contributed by atoms with Crippen LogP contribution in [-0.2, 0) is 11.8 Å². The fourth-order valence-corrected chi connectivity index (χ4v) is 3.95. The number of ether oxygens (including phenoxy) is 1. The van der Waals surface area contributed by atoms with Crippen molar-refractivity contribution in [3.8, 4) is 11.1 Å². The molecule has 0 bridgehead atoms. The number of nitro groups is 1. The van der Waals surface area contributed by atoms with Crippen molar-refractivity contribution in [2.75, 3.05) is 41.8 Å². The summed E-state index contributed by atoms with van der Waals surface area (Å²) >= 11 is 0. The van der Waals surface area contributed by atoms with Crippen molar-refractivity contribution in [3.63, 3.8) is 0 Å². The first kappa shape index (κ1) is 24.1. The third-order valence-corrected chi connectivity index (χ3v) is 5.77. The number of aromatic nitrogens is 4. The molecule has 1 aliphatic rings. The summed E-state index contributed by atoms with van der Waals surface area (Å²) in [6.07, 6.45) is 4.75. The quantitative estimate of drug-likeness (QED) is 0.276. The number of nitrogens with one attached hydrogen (secondary N) is 2. The Morgan fingerprint density at radius 2 is 1.86 bits per heavy atom. The number of rotatable bonds is 7. The van der Waals surface area contributed by atoms with Crippen LogP contribution in [0.2, 0.25) is 0 Å².